The predicted molar refractivity (Wildman–Crippen MR) is 92.5 cm³/mol. The van der Waals surface area contributed by atoms with E-state index in [9.17, 15) is 9.90 Å². The maximum Gasteiger partial charge on any atom is 0.334 e. The Morgan fingerprint density at radius 3 is 2.75 bits per heavy atom. The zero-order valence-corrected chi connectivity index (χ0v) is 15.1. The monoisotopic (exact) mass is 332 g/mol. The summed E-state index contributed by atoms with van der Waals surface area (Å²) in [6.45, 7) is 8.01. The number of fused-ring (bicyclic) bond motifs is 2. The first-order valence-electron chi connectivity index (χ1n) is 8.90. The lowest BCUT2D eigenvalue weighted by Gasteiger charge is -2.16. The molecule has 2 aliphatic heterocycles. The van der Waals surface area contributed by atoms with Gasteiger partial charge in [0.25, 0.3) is 0 Å². The molecule has 132 valence electrons. The fraction of sp³-hybridized carbons (Fsp3) is 0.650. The van der Waals surface area contributed by atoms with Gasteiger partial charge in [-0.3, -0.25) is 0 Å². The van der Waals surface area contributed by atoms with Crippen molar-refractivity contribution in [1.82, 2.24) is 0 Å². The number of epoxide rings is 1. The third-order valence-electron chi connectivity index (χ3n) is 5.70. The number of aliphatic hydroxyl groups is 1. The lowest BCUT2D eigenvalue weighted by Crippen LogP contribution is -2.19. The second kappa shape index (κ2) is 6.49. The standard InChI is InChI=1S/C20H28O4/c1-12-6-5-9-20(4)18(24-20)11-16(21)13(2)10-17-15(8-7-12)14(3)19(22)23-17/h6,10,16-18,21H,5,7-9,11H2,1-4H3/b12-6+,13-10+/t16-,17-,18+,20+/m0/s1. The molecular weight excluding hydrogens is 304 g/mol. The Balaban J connectivity index is 1.85. The number of rotatable bonds is 0. The van der Waals surface area contributed by atoms with Gasteiger partial charge in [0, 0.05) is 12.0 Å². The largest absolute Gasteiger partial charge is 0.450 e. The van der Waals surface area contributed by atoms with E-state index in [1.54, 1.807) is 0 Å². The first-order valence-corrected chi connectivity index (χ1v) is 8.90. The number of hydrogen-bond donors (Lipinski definition) is 1. The highest BCUT2D eigenvalue weighted by molar-refractivity contribution is 5.92. The van der Waals surface area contributed by atoms with Gasteiger partial charge in [0.1, 0.15) is 6.10 Å². The first-order chi connectivity index (χ1) is 11.3. The van der Waals surface area contributed by atoms with Crippen LogP contribution < -0.4 is 0 Å². The summed E-state index contributed by atoms with van der Waals surface area (Å²) in [7, 11) is 0. The average Bonchev–Trinajstić information content (AvgIpc) is 3.06. The normalized spacial score (nSPS) is 42.0. The Bertz CT molecular complexity index is 628. The highest BCUT2D eigenvalue weighted by Gasteiger charge is 2.51. The zero-order chi connectivity index (χ0) is 17.5. The van der Waals surface area contributed by atoms with E-state index in [1.807, 2.05) is 19.9 Å². The summed E-state index contributed by atoms with van der Waals surface area (Å²) in [5.41, 5.74) is 3.85. The lowest BCUT2D eigenvalue weighted by molar-refractivity contribution is -0.138. The molecule has 1 aliphatic carbocycles. The van der Waals surface area contributed by atoms with Crippen LogP contribution in [0.5, 0.6) is 0 Å². The molecule has 0 amide bonds. The van der Waals surface area contributed by atoms with Crippen molar-refractivity contribution in [3.05, 3.63) is 34.4 Å². The number of ether oxygens (including phenoxy) is 2. The fourth-order valence-electron chi connectivity index (χ4n) is 3.67. The molecule has 0 radical (unpaired) electrons. The molecule has 4 heteroatoms. The van der Waals surface area contributed by atoms with Crippen LogP contribution >= 0.6 is 0 Å². The maximum absolute atomic E-state index is 11.9. The molecule has 1 N–H and O–H groups in total. The quantitative estimate of drug-likeness (QED) is 0.418. The summed E-state index contributed by atoms with van der Waals surface area (Å²) in [5, 5.41) is 10.5. The predicted octanol–water partition coefficient (Wildman–Crippen LogP) is 3.60. The summed E-state index contributed by atoms with van der Waals surface area (Å²) >= 11 is 0. The minimum Gasteiger partial charge on any atom is -0.450 e. The smallest absolute Gasteiger partial charge is 0.334 e. The summed E-state index contributed by atoms with van der Waals surface area (Å²) in [6.07, 6.45) is 7.70. The number of carbonyl (C=O) groups is 1. The van der Waals surface area contributed by atoms with E-state index in [4.69, 9.17) is 9.47 Å². The molecule has 3 aliphatic rings. The molecule has 3 rings (SSSR count). The van der Waals surface area contributed by atoms with Gasteiger partial charge in [0.05, 0.1) is 17.8 Å². The fourth-order valence-corrected chi connectivity index (χ4v) is 3.67. The van der Waals surface area contributed by atoms with Gasteiger partial charge in [-0.25, -0.2) is 4.79 Å². The topological polar surface area (TPSA) is 59.1 Å². The average molecular weight is 332 g/mol. The van der Waals surface area contributed by atoms with Crippen LogP contribution in [-0.2, 0) is 14.3 Å². The van der Waals surface area contributed by atoms with Gasteiger partial charge in [0.2, 0.25) is 0 Å². The molecule has 0 spiro atoms. The van der Waals surface area contributed by atoms with Gasteiger partial charge < -0.3 is 14.6 Å². The highest BCUT2D eigenvalue weighted by Crippen LogP contribution is 2.44. The Morgan fingerprint density at radius 1 is 1.25 bits per heavy atom. The number of carbonyl (C=O) groups excluding carboxylic acids is 1. The molecule has 0 aromatic rings. The Kier molecular flexibility index (Phi) is 4.71. The molecule has 4 nitrogen and oxygen atoms in total. The Labute approximate surface area is 144 Å². The molecular formula is C20H28O4. The summed E-state index contributed by atoms with van der Waals surface area (Å²) in [5.74, 6) is -0.238. The van der Waals surface area contributed by atoms with Crippen LogP contribution in [0.2, 0.25) is 0 Å². The van der Waals surface area contributed by atoms with Crippen molar-refractivity contribution >= 4 is 5.97 Å². The van der Waals surface area contributed by atoms with Crippen LogP contribution in [-0.4, -0.2) is 35.0 Å². The highest BCUT2D eigenvalue weighted by atomic mass is 16.6. The van der Waals surface area contributed by atoms with Gasteiger partial charge in [-0.05, 0) is 70.6 Å². The minimum atomic E-state index is -0.557. The number of aliphatic hydroxyl groups excluding tert-OH is 1. The molecule has 24 heavy (non-hydrogen) atoms. The molecule has 1 saturated heterocycles. The summed E-state index contributed by atoms with van der Waals surface area (Å²) < 4.78 is 11.3. The number of esters is 1. The SMILES string of the molecule is CC1=C2CC/C(C)=C/CC[C@@]3(C)O[C@@H]3C[C@H](O)/C(C)=C/[C@@H]2OC1=O. The van der Waals surface area contributed by atoms with Crippen LogP contribution in [0.25, 0.3) is 0 Å². The molecule has 0 aromatic carbocycles. The lowest BCUT2D eigenvalue weighted by atomic mass is 9.92. The van der Waals surface area contributed by atoms with E-state index in [2.05, 4.69) is 19.9 Å². The van der Waals surface area contributed by atoms with E-state index >= 15 is 0 Å². The van der Waals surface area contributed by atoms with Gasteiger partial charge >= 0.3 is 5.97 Å². The van der Waals surface area contributed by atoms with Crippen molar-refractivity contribution in [2.45, 2.75) is 83.7 Å². The van der Waals surface area contributed by atoms with Crippen molar-refractivity contribution in [2.75, 3.05) is 0 Å². The van der Waals surface area contributed by atoms with Gasteiger partial charge in [-0.1, -0.05) is 11.6 Å². The van der Waals surface area contributed by atoms with Crippen molar-refractivity contribution in [3.63, 3.8) is 0 Å². The van der Waals surface area contributed by atoms with Crippen molar-refractivity contribution in [3.8, 4) is 0 Å². The van der Waals surface area contributed by atoms with Gasteiger partial charge in [0.15, 0.2) is 0 Å². The number of allylic oxidation sites excluding steroid dienone is 2. The van der Waals surface area contributed by atoms with Crippen molar-refractivity contribution < 1.29 is 19.4 Å². The van der Waals surface area contributed by atoms with Crippen LogP contribution in [0.4, 0.5) is 0 Å². The van der Waals surface area contributed by atoms with Crippen molar-refractivity contribution in [1.29, 1.82) is 0 Å². The second-order valence-electron chi connectivity index (χ2n) is 7.65. The molecule has 0 unspecified atom stereocenters. The first kappa shape index (κ1) is 17.4. The third kappa shape index (κ3) is 3.50. The molecule has 1 fully saturated rings. The second-order valence-corrected chi connectivity index (χ2v) is 7.65. The minimum absolute atomic E-state index is 0.107. The van der Waals surface area contributed by atoms with Crippen molar-refractivity contribution in [2.24, 2.45) is 0 Å². The van der Waals surface area contributed by atoms with E-state index in [0.717, 1.165) is 42.4 Å². The van der Waals surface area contributed by atoms with Gasteiger partial charge in [-0.15, -0.1) is 0 Å². The van der Waals surface area contributed by atoms with Gasteiger partial charge in [-0.2, -0.15) is 0 Å². The van der Waals surface area contributed by atoms with Crippen LogP contribution in [0.15, 0.2) is 34.4 Å². The van der Waals surface area contributed by atoms with Crippen LogP contribution in [0.1, 0.15) is 59.8 Å². The van der Waals surface area contributed by atoms with E-state index in [-0.39, 0.29) is 23.8 Å². The summed E-state index contributed by atoms with van der Waals surface area (Å²) in [6, 6.07) is 0. The molecule has 4 atom stereocenters. The maximum atomic E-state index is 11.9. The van der Waals surface area contributed by atoms with Crippen LogP contribution in [0.3, 0.4) is 0 Å². The molecule has 0 bridgehead atoms. The summed E-state index contributed by atoms with van der Waals surface area (Å²) in [4.78, 5) is 11.9. The van der Waals surface area contributed by atoms with Crippen LogP contribution in [0, 0.1) is 0 Å². The van der Waals surface area contributed by atoms with E-state index in [0.29, 0.717) is 6.42 Å². The molecule has 0 saturated carbocycles. The Hall–Kier alpha value is -1.39. The molecule has 0 aromatic heterocycles. The van der Waals surface area contributed by atoms with E-state index in [1.165, 1.54) is 5.57 Å². The number of hydrogen-bond acceptors (Lipinski definition) is 4. The Morgan fingerprint density at radius 2 is 2.00 bits per heavy atom. The van der Waals surface area contributed by atoms with E-state index < -0.39 is 6.10 Å². The molecule has 2 heterocycles. The third-order valence-corrected chi connectivity index (χ3v) is 5.70. The zero-order valence-electron chi connectivity index (χ0n) is 15.1.